The molecule has 0 saturated heterocycles. The number of aromatic amines is 1. The van der Waals surface area contributed by atoms with E-state index in [9.17, 15) is 0 Å². The second-order valence-electron chi connectivity index (χ2n) is 6.86. The van der Waals surface area contributed by atoms with Gasteiger partial charge in [-0.2, -0.15) is 10.1 Å². The van der Waals surface area contributed by atoms with Gasteiger partial charge >= 0.3 is 0 Å². The summed E-state index contributed by atoms with van der Waals surface area (Å²) in [7, 11) is 0. The van der Waals surface area contributed by atoms with Gasteiger partial charge < -0.3 is 0 Å². The molecule has 28 heavy (non-hydrogen) atoms. The minimum Gasteiger partial charge on any atom is -0.278 e. The third kappa shape index (κ3) is 3.99. The number of thioether (sulfide) groups is 1. The number of hydrogen-bond acceptors (Lipinski definition) is 6. The van der Waals surface area contributed by atoms with E-state index in [4.69, 9.17) is 0 Å². The molecular weight excluding hydrogens is 368 g/mol. The second kappa shape index (κ2) is 7.98. The van der Waals surface area contributed by atoms with E-state index in [0.717, 1.165) is 17.0 Å². The molecule has 3 aromatic rings. The van der Waals surface area contributed by atoms with Gasteiger partial charge in [-0.05, 0) is 43.0 Å². The first-order chi connectivity index (χ1) is 13.6. The highest BCUT2D eigenvalue weighted by molar-refractivity contribution is 7.98. The lowest BCUT2D eigenvalue weighted by Gasteiger charge is -2.09. The number of aliphatic imine (C=N–C) groups is 1. The Morgan fingerprint density at radius 1 is 1.18 bits per heavy atom. The van der Waals surface area contributed by atoms with E-state index in [-0.39, 0.29) is 0 Å². The number of anilines is 1. The average Bonchev–Trinajstić information content (AvgIpc) is 3.28. The highest BCUT2D eigenvalue weighted by atomic mass is 32.2. The van der Waals surface area contributed by atoms with Crippen molar-refractivity contribution in [3.05, 3.63) is 69.8 Å². The van der Waals surface area contributed by atoms with E-state index in [1.54, 1.807) is 18.0 Å². The van der Waals surface area contributed by atoms with Gasteiger partial charge in [0.05, 0.1) is 18.5 Å². The molecule has 0 atom stereocenters. The molecule has 1 aliphatic rings. The van der Waals surface area contributed by atoms with Crippen LogP contribution in [0.15, 0.2) is 51.6 Å². The SMILES string of the molecule is Cc1cc(C)c(CSc2n[nH]c(N/N=C/C3=NCc4ccccc43)n2)c(C)c1. The van der Waals surface area contributed by atoms with E-state index in [1.807, 2.05) is 12.1 Å². The first kappa shape index (κ1) is 18.4. The average molecular weight is 391 g/mol. The molecule has 2 aromatic carbocycles. The van der Waals surface area contributed by atoms with Crippen LogP contribution in [0.1, 0.15) is 33.4 Å². The first-order valence-corrected chi connectivity index (χ1v) is 10.1. The molecule has 1 aromatic heterocycles. The smallest absolute Gasteiger partial charge is 0.240 e. The van der Waals surface area contributed by atoms with E-state index < -0.39 is 0 Å². The van der Waals surface area contributed by atoms with Crippen molar-refractivity contribution < 1.29 is 0 Å². The quantitative estimate of drug-likeness (QED) is 0.371. The third-order valence-electron chi connectivity index (χ3n) is 4.72. The van der Waals surface area contributed by atoms with Crippen LogP contribution in [0.25, 0.3) is 0 Å². The maximum atomic E-state index is 4.50. The Kier molecular flexibility index (Phi) is 5.25. The molecule has 4 rings (SSSR count). The molecule has 0 fully saturated rings. The molecule has 2 N–H and O–H groups in total. The Morgan fingerprint density at radius 3 is 2.79 bits per heavy atom. The van der Waals surface area contributed by atoms with Crippen LogP contribution in [0.5, 0.6) is 0 Å². The van der Waals surface area contributed by atoms with Crippen molar-refractivity contribution in [3.8, 4) is 0 Å². The van der Waals surface area contributed by atoms with Gasteiger partial charge in [-0.25, -0.2) is 10.5 Å². The maximum Gasteiger partial charge on any atom is 0.240 e. The molecule has 0 aliphatic carbocycles. The van der Waals surface area contributed by atoms with Crippen LogP contribution in [0.3, 0.4) is 0 Å². The number of hydrazone groups is 1. The molecule has 2 heterocycles. The van der Waals surface area contributed by atoms with Crippen LogP contribution in [0.4, 0.5) is 5.95 Å². The predicted molar refractivity (Wildman–Crippen MR) is 115 cm³/mol. The molecule has 1 aliphatic heterocycles. The van der Waals surface area contributed by atoms with E-state index in [2.05, 4.69) is 75.7 Å². The Morgan fingerprint density at radius 2 is 1.96 bits per heavy atom. The van der Waals surface area contributed by atoms with Crippen molar-refractivity contribution in [1.82, 2.24) is 15.2 Å². The monoisotopic (exact) mass is 390 g/mol. The van der Waals surface area contributed by atoms with Gasteiger partial charge in [0, 0.05) is 11.3 Å². The fraction of sp³-hybridized carbons (Fsp3) is 0.238. The number of benzene rings is 2. The predicted octanol–water partition coefficient (Wildman–Crippen LogP) is 4.42. The summed E-state index contributed by atoms with van der Waals surface area (Å²) in [6.07, 6.45) is 1.72. The van der Waals surface area contributed by atoms with Crippen molar-refractivity contribution in [1.29, 1.82) is 0 Å². The Labute approximate surface area is 168 Å². The van der Waals surface area contributed by atoms with E-state index >= 15 is 0 Å². The summed E-state index contributed by atoms with van der Waals surface area (Å²) in [5.74, 6) is 1.36. The van der Waals surface area contributed by atoms with Crippen molar-refractivity contribution in [2.24, 2.45) is 10.1 Å². The topological polar surface area (TPSA) is 78.3 Å². The van der Waals surface area contributed by atoms with Gasteiger partial charge in [0.1, 0.15) is 0 Å². The number of aryl methyl sites for hydroxylation is 3. The van der Waals surface area contributed by atoms with Crippen molar-refractivity contribution in [2.75, 3.05) is 5.43 Å². The van der Waals surface area contributed by atoms with Crippen LogP contribution < -0.4 is 5.43 Å². The minimum absolute atomic E-state index is 0.517. The van der Waals surface area contributed by atoms with Gasteiger partial charge in [-0.15, -0.1) is 5.10 Å². The molecule has 142 valence electrons. The number of aromatic nitrogens is 3. The normalized spacial score (nSPS) is 13.0. The number of H-pyrrole nitrogens is 1. The zero-order valence-corrected chi connectivity index (χ0v) is 17.0. The van der Waals surface area contributed by atoms with Gasteiger partial charge in [0.2, 0.25) is 11.1 Å². The number of rotatable bonds is 6. The third-order valence-corrected chi connectivity index (χ3v) is 5.60. The summed E-state index contributed by atoms with van der Waals surface area (Å²) in [5, 5.41) is 12.1. The molecule has 0 unspecified atom stereocenters. The van der Waals surface area contributed by atoms with Gasteiger partial charge in [-0.3, -0.25) is 4.99 Å². The zero-order valence-electron chi connectivity index (χ0n) is 16.2. The number of fused-ring (bicyclic) bond motifs is 1. The first-order valence-electron chi connectivity index (χ1n) is 9.14. The summed E-state index contributed by atoms with van der Waals surface area (Å²) in [4.78, 5) is 8.94. The van der Waals surface area contributed by atoms with Crippen LogP contribution >= 0.6 is 11.8 Å². The largest absolute Gasteiger partial charge is 0.278 e. The van der Waals surface area contributed by atoms with Crippen molar-refractivity contribution in [2.45, 2.75) is 38.2 Å². The molecule has 0 saturated carbocycles. The molecular formula is C21H22N6S. The molecule has 0 bridgehead atoms. The lowest BCUT2D eigenvalue weighted by molar-refractivity contribution is 0.972. The molecule has 7 heteroatoms. The summed E-state index contributed by atoms with van der Waals surface area (Å²) < 4.78 is 0. The lowest BCUT2D eigenvalue weighted by Crippen LogP contribution is -2.02. The summed E-state index contributed by atoms with van der Waals surface area (Å²) in [6, 6.07) is 12.6. The highest BCUT2D eigenvalue weighted by Gasteiger charge is 2.13. The number of nitrogens with zero attached hydrogens (tertiary/aromatic N) is 4. The van der Waals surface area contributed by atoms with Crippen molar-refractivity contribution in [3.63, 3.8) is 0 Å². The van der Waals surface area contributed by atoms with Crippen molar-refractivity contribution >= 4 is 29.6 Å². The lowest BCUT2D eigenvalue weighted by atomic mass is 10.0. The minimum atomic E-state index is 0.517. The van der Waals surface area contributed by atoms with Crippen LogP contribution in [0.2, 0.25) is 0 Å². The van der Waals surface area contributed by atoms with E-state index in [1.165, 1.54) is 27.8 Å². The van der Waals surface area contributed by atoms with Crippen LogP contribution in [0, 0.1) is 20.8 Å². The van der Waals surface area contributed by atoms with Gasteiger partial charge in [-0.1, -0.05) is 53.7 Å². The van der Waals surface area contributed by atoms with Gasteiger partial charge in [0.15, 0.2) is 0 Å². The van der Waals surface area contributed by atoms with Crippen LogP contribution in [-0.2, 0) is 12.3 Å². The highest BCUT2D eigenvalue weighted by Crippen LogP contribution is 2.25. The van der Waals surface area contributed by atoms with Crippen LogP contribution in [-0.4, -0.2) is 27.1 Å². The zero-order chi connectivity index (χ0) is 19.5. The Hall–Kier alpha value is -2.93. The Balaban J connectivity index is 1.35. The molecule has 0 spiro atoms. The molecule has 6 nitrogen and oxygen atoms in total. The van der Waals surface area contributed by atoms with E-state index in [0.29, 0.717) is 17.6 Å². The summed E-state index contributed by atoms with van der Waals surface area (Å²) in [6.45, 7) is 7.14. The standard InChI is InChI=1S/C21H22N6S/c1-13-8-14(2)18(15(3)9-13)12-28-21-24-20(26-27-21)25-23-11-19-17-7-5-4-6-16(17)10-22-19/h4-9,11H,10,12H2,1-3H3,(H2,24,25,26,27)/b23-11+. The molecule has 0 radical (unpaired) electrons. The second-order valence-corrected chi connectivity index (χ2v) is 7.80. The maximum absolute atomic E-state index is 4.50. The summed E-state index contributed by atoms with van der Waals surface area (Å²) in [5.41, 5.74) is 11.4. The van der Waals surface area contributed by atoms with Gasteiger partial charge in [0.25, 0.3) is 0 Å². The summed E-state index contributed by atoms with van der Waals surface area (Å²) >= 11 is 1.61. The molecule has 0 amide bonds. The fourth-order valence-corrected chi connectivity index (χ4v) is 4.36. The Bertz CT molecular complexity index is 1040. The fourth-order valence-electron chi connectivity index (χ4n) is 3.36. The number of nitrogens with one attached hydrogen (secondary N) is 2. The number of hydrogen-bond donors (Lipinski definition) is 2.